The number of carbonyl (C=O) groups excluding carboxylic acids is 1. The molecule has 1 fully saturated rings. The first-order valence-corrected chi connectivity index (χ1v) is 6.72. The van der Waals surface area contributed by atoms with Gasteiger partial charge in [0.1, 0.15) is 6.61 Å². The number of anilines is 1. The number of amides is 1. The Balaban J connectivity index is 2.23. The van der Waals surface area contributed by atoms with Crippen molar-refractivity contribution >= 4 is 33.7 Å². The van der Waals surface area contributed by atoms with Crippen LogP contribution in [0.3, 0.4) is 0 Å². The average Bonchev–Trinajstić information content (AvgIpc) is 2.68. The molecule has 1 saturated heterocycles. The summed E-state index contributed by atoms with van der Waals surface area (Å²) in [6.07, 6.45) is -0.0391. The Morgan fingerprint density at radius 1 is 1.58 bits per heavy atom. The van der Waals surface area contributed by atoms with Crippen LogP contribution in [0.1, 0.15) is 18.4 Å². The van der Waals surface area contributed by atoms with Crippen LogP contribution in [0.5, 0.6) is 0 Å². The molecule has 6 heteroatoms. The molecule has 1 N–H and O–H groups in total. The number of nitrogens with zero attached hydrogens (tertiary/aromatic N) is 1. The van der Waals surface area contributed by atoms with Gasteiger partial charge in [-0.2, -0.15) is 0 Å². The highest BCUT2D eigenvalue weighted by atomic mass is 79.9. The van der Waals surface area contributed by atoms with E-state index in [1.807, 2.05) is 25.1 Å². The molecule has 1 aliphatic heterocycles. The molecule has 1 atom stereocenters. The molecule has 1 amide bonds. The number of ether oxygens (including phenoxy) is 1. The van der Waals surface area contributed by atoms with Crippen molar-refractivity contribution in [2.45, 2.75) is 25.8 Å². The van der Waals surface area contributed by atoms with Gasteiger partial charge in [0, 0.05) is 10.9 Å². The zero-order valence-electron chi connectivity index (χ0n) is 10.4. The fraction of sp³-hybridized carbons (Fsp3) is 0.385. The molecule has 0 spiro atoms. The molecule has 2 rings (SSSR count). The number of hydrogen-bond donors (Lipinski definition) is 1. The lowest BCUT2D eigenvalue weighted by atomic mass is 10.1. The van der Waals surface area contributed by atoms with Gasteiger partial charge in [-0.3, -0.25) is 9.69 Å². The van der Waals surface area contributed by atoms with Crippen molar-refractivity contribution in [3.63, 3.8) is 0 Å². The largest absolute Gasteiger partial charge is 0.481 e. The number of cyclic esters (lactones) is 1. The topological polar surface area (TPSA) is 66.8 Å². The molecule has 19 heavy (non-hydrogen) atoms. The van der Waals surface area contributed by atoms with Gasteiger partial charge in [-0.1, -0.05) is 6.07 Å². The molecule has 1 unspecified atom stereocenters. The molecule has 0 aliphatic carbocycles. The van der Waals surface area contributed by atoms with Gasteiger partial charge in [0.2, 0.25) is 0 Å². The van der Waals surface area contributed by atoms with E-state index >= 15 is 0 Å². The summed E-state index contributed by atoms with van der Waals surface area (Å²) in [5, 5.41) is 8.73. The number of rotatable bonds is 4. The highest BCUT2D eigenvalue weighted by Gasteiger charge is 2.35. The zero-order chi connectivity index (χ0) is 14.0. The van der Waals surface area contributed by atoms with E-state index in [1.165, 1.54) is 4.90 Å². The first-order chi connectivity index (χ1) is 8.99. The number of aliphatic carboxylic acids is 1. The van der Waals surface area contributed by atoms with Crippen LogP contribution in [-0.4, -0.2) is 29.8 Å². The van der Waals surface area contributed by atoms with Crippen LogP contribution >= 0.6 is 15.9 Å². The molecule has 102 valence electrons. The molecule has 0 saturated carbocycles. The number of carboxylic acids is 1. The predicted molar refractivity (Wildman–Crippen MR) is 73.4 cm³/mol. The van der Waals surface area contributed by atoms with Crippen molar-refractivity contribution in [3.8, 4) is 0 Å². The van der Waals surface area contributed by atoms with E-state index in [0.29, 0.717) is 12.1 Å². The number of hydrogen-bond acceptors (Lipinski definition) is 3. The third-order valence-electron chi connectivity index (χ3n) is 3.02. The van der Waals surface area contributed by atoms with Gasteiger partial charge in [0.25, 0.3) is 0 Å². The lowest BCUT2D eigenvalue weighted by Crippen LogP contribution is -2.34. The minimum atomic E-state index is -0.873. The second-order valence-electron chi connectivity index (χ2n) is 4.49. The fourth-order valence-corrected chi connectivity index (χ4v) is 2.75. The van der Waals surface area contributed by atoms with Crippen molar-refractivity contribution in [2.75, 3.05) is 11.5 Å². The summed E-state index contributed by atoms with van der Waals surface area (Å²) in [6, 6.07) is 5.41. The maximum Gasteiger partial charge on any atom is 0.414 e. The van der Waals surface area contributed by atoms with Crippen molar-refractivity contribution in [1.82, 2.24) is 0 Å². The van der Waals surface area contributed by atoms with E-state index in [9.17, 15) is 9.59 Å². The normalized spacial score (nSPS) is 18.5. The van der Waals surface area contributed by atoms with Crippen LogP contribution in [0.2, 0.25) is 0 Å². The van der Waals surface area contributed by atoms with Crippen LogP contribution in [0, 0.1) is 6.92 Å². The maximum atomic E-state index is 11.8. The highest BCUT2D eigenvalue weighted by molar-refractivity contribution is 9.10. The van der Waals surface area contributed by atoms with Crippen LogP contribution in [0.4, 0.5) is 10.5 Å². The van der Waals surface area contributed by atoms with Gasteiger partial charge in [0.05, 0.1) is 11.7 Å². The van der Waals surface area contributed by atoms with Gasteiger partial charge in [0.15, 0.2) is 0 Å². The van der Waals surface area contributed by atoms with Crippen molar-refractivity contribution in [1.29, 1.82) is 0 Å². The van der Waals surface area contributed by atoms with E-state index < -0.39 is 12.1 Å². The second kappa shape index (κ2) is 5.61. The minimum absolute atomic E-state index is 0.0152. The highest BCUT2D eigenvalue weighted by Crippen LogP contribution is 2.32. The van der Waals surface area contributed by atoms with Crippen LogP contribution in [0.15, 0.2) is 22.7 Å². The van der Waals surface area contributed by atoms with E-state index in [1.54, 1.807) is 0 Å². The van der Waals surface area contributed by atoms with Crippen LogP contribution in [0.25, 0.3) is 0 Å². The molecule has 1 aliphatic rings. The van der Waals surface area contributed by atoms with E-state index in [0.717, 1.165) is 10.0 Å². The predicted octanol–water partition coefficient (Wildman–Crippen LogP) is 2.95. The van der Waals surface area contributed by atoms with Crippen molar-refractivity contribution in [3.05, 3.63) is 28.2 Å². The Bertz CT molecular complexity index is 517. The lowest BCUT2D eigenvalue weighted by Gasteiger charge is -2.22. The second-order valence-corrected chi connectivity index (χ2v) is 5.34. The maximum absolute atomic E-state index is 11.8. The van der Waals surface area contributed by atoms with E-state index in [2.05, 4.69) is 15.9 Å². The first kappa shape index (κ1) is 13.9. The molecule has 1 heterocycles. The summed E-state index contributed by atoms with van der Waals surface area (Å²) in [5.74, 6) is -0.873. The average molecular weight is 328 g/mol. The Kier molecular flexibility index (Phi) is 4.09. The molecule has 1 aromatic carbocycles. The quantitative estimate of drug-likeness (QED) is 0.923. The minimum Gasteiger partial charge on any atom is -0.481 e. The smallest absolute Gasteiger partial charge is 0.414 e. The summed E-state index contributed by atoms with van der Waals surface area (Å²) in [7, 11) is 0. The summed E-state index contributed by atoms with van der Waals surface area (Å²) >= 11 is 3.43. The Labute approximate surface area is 119 Å². The zero-order valence-corrected chi connectivity index (χ0v) is 12.0. The fourth-order valence-electron chi connectivity index (χ4n) is 2.07. The monoisotopic (exact) mass is 327 g/mol. The molecule has 0 radical (unpaired) electrons. The van der Waals surface area contributed by atoms with Crippen molar-refractivity contribution in [2.24, 2.45) is 0 Å². The van der Waals surface area contributed by atoms with Gasteiger partial charge >= 0.3 is 12.1 Å². The number of carbonyl (C=O) groups is 2. The third kappa shape index (κ3) is 3.07. The molecule has 5 nitrogen and oxygen atoms in total. The van der Waals surface area contributed by atoms with Gasteiger partial charge in [-0.25, -0.2) is 4.79 Å². The molecule has 0 bridgehead atoms. The molecular weight excluding hydrogens is 314 g/mol. The number of halogens is 1. The SMILES string of the molecule is Cc1ccc(N2C(=O)OCC2CCC(=O)O)c(Br)c1. The Hall–Kier alpha value is -1.56. The summed E-state index contributed by atoms with van der Waals surface area (Å²) in [5.41, 5.74) is 1.79. The van der Waals surface area contributed by atoms with Gasteiger partial charge < -0.3 is 9.84 Å². The van der Waals surface area contributed by atoms with Crippen LogP contribution < -0.4 is 4.90 Å². The standard InChI is InChI=1S/C13H14BrNO4/c1-8-2-4-11(10(14)6-8)15-9(3-5-12(16)17)7-19-13(15)18/h2,4,6,9H,3,5,7H2,1H3,(H,16,17). The van der Waals surface area contributed by atoms with E-state index in [4.69, 9.17) is 9.84 Å². The summed E-state index contributed by atoms with van der Waals surface area (Å²) < 4.78 is 5.82. The lowest BCUT2D eigenvalue weighted by molar-refractivity contribution is -0.137. The molecular formula is C13H14BrNO4. The number of aryl methyl sites for hydroxylation is 1. The number of carboxylic acid groups (broad SMARTS) is 1. The van der Waals surface area contributed by atoms with Gasteiger partial charge in [-0.05, 0) is 47.0 Å². The Morgan fingerprint density at radius 2 is 2.32 bits per heavy atom. The van der Waals surface area contributed by atoms with Crippen molar-refractivity contribution < 1.29 is 19.4 Å². The number of benzene rings is 1. The van der Waals surface area contributed by atoms with E-state index in [-0.39, 0.29) is 19.1 Å². The molecule has 0 aromatic heterocycles. The van der Waals surface area contributed by atoms with Crippen LogP contribution in [-0.2, 0) is 9.53 Å². The molecule has 1 aromatic rings. The van der Waals surface area contributed by atoms with Gasteiger partial charge in [-0.15, -0.1) is 0 Å². The first-order valence-electron chi connectivity index (χ1n) is 5.93. The third-order valence-corrected chi connectivity index (χ3v) is 3.65. The summed E-state index contributed by atoms with van der Waals surface area (Å²) in [4.78, 5) is 24.0. The summed E-state index contributed by atoms with van der Waals surface area (Å²) in [6.45, 7) is 2.19. The Morgan fingerprint density at radius 3 is 2.95 bits per heavy atom.